The molecule has 2 N–H and O–H groups in total. The number of aromatic nitrogens is 3. The summed E-state index contributed by atoms with van der Waals surface area (Å²) in [5.41, 5.74) is 5.28. The van der Waals surface area contributed by atoms with Gasteiger partial charge in [-0.2, -0.15) is 13.2 Å². The molecule has 0 aromatic carbocycles. The molecule has 1 unspecified atom stereocenters. The van der Waals surface area contributed by atoms with Crippen LogP contribution in [0.25, 0.3) is 11.3 Å². The number of carbonyl (C=O) groups excluding carboxylic acids is 1. The van der Waals surface area contributed by atoms with Gasteiger partial charge in [0.2, 0.25) is 5.91 Å². The number of amides is 1. The summed E-state index contributed by atoms with van der Waals surface area (Å²) < 4.78 is 41.9. The van der Waals surface area contributed by atoms with Gasteiger partial charge >= 0.3 is 6.18 Å². The molecule has 9 heteroatoms. The predicted octanol–water partition coefficient (Wildman–Crippen LogP) is 3.46. The summed E-state index contributed by atoms with van der Waals surface area (Å²) in [7, 11) is 0. The molecule has 1 aliphatic heterocycles. The number of nitrogens with zero attached hydrogens (tertiary/aromatic N) is 4. The number of likely N-dealkylation sites (tertiary alicyclic amines) is 1. The van der Waals surface area contributed by atoms with Crippen LogP contribution in [0.2, 0.25) is 0 Å². The minimum absolute atomic E-state index is 0.0101. The number of carbonyl (C=O) groups is 1. The minimum Gasteiger partial charge on any atom is -0.383 e. The molecule has 3 aliphatic rings. The third-order valence-corrected chi connectivity index (χ3v) is 6.71. The molecule has 1 amide bonds. The average Bonchev–Trinajstić information content (AvgIpc) is 3.48. The van der Waals surface area contributed by atoms with Gasteiger partial charge in [-0.15, -0.1) is 0 Å². The molecular weight excluding hydrogens is 383 g/mol. The highest BCUT2D eigenvalue weighted by Crippen LogP contribution is 2.67. The number of nitrogens with two attached hydrogens (primary N) is 1. The lowest BCUT2D eigenvalue weighted by Crippen LogP contribution is -2.31. The quantitative estimate of drug-likeness (QED) is 0.848. The first-order valence-electron chi connectivity index (χ1n) is 9.77. The van der Waals surface area contributed by atoms with Crippen LogP contribution < -0.4 is 5.73 Å². The van der Waals surface area contributed by atoms with Crippen LogP contribution >= 0.6 is 0 Å². The number of imidazole rings is 1. The number of hydrogen-bond acceptors (Lipinski definition) is 4. The van der Waals surface area contributed by atoms with Gasteiger partial charge < -0.3 is 15.2 Å². The molecule has 5 rings (SSSR count). The van der Waals surface area contributed by atoms with Crippen molar-refractivity contribution in [1.82, 2.24) is 19.4 Å². The van der Waals surface area contributed by atoms with E-state index in [0.29, 0.717) is 29.6 Å². The van der Waals surface area contributed by atoms with E-state index in [0.717, 1.165) is 31.3 Å². The zero-order valence-corrected chi connectivity index (χ0v) is 16.2. The van der Waals surface area contributed by atoms with Gasteiger partial charge in [-0.3, -0.25) is 4.79 Å². The molecule has 3 heterocycles. The van der Waals surface area contributed by atoms with Gasteiger partial charge in [0.1, 0.15) is 11.6 Å². The standard InChI is InChI=1S/C20H22F3N5O/c1-10(29)27-7-14-16(19(14,2)9-27)28-8-15(26-18(28)11-3-4-11)12-5-13(20(21,22)23)17(24)25-6-12/h5-6,8,11,14,16H,3-4,7,9H2,1-2H3,(H2,24,25)/t14-,16-,19?/m0/s1. The second-order valence-corrected chi connectivity index (χ2v) is 8.78. The van der Waals surface area contributed by atoms with Crippen molar-refractivity contribution in [3.05, 3.63) is 29.8 Å². The maximum Gasteiger partial charge on any atom is 0.419 e. The molecule has 3 atom stereocenters. The summed E-state index contributed by atoms with van der Waals surface area (Å²) in [6.45, 7) is 5.18. The summed E-state index contributed by atoms with van der Waals surface area (Å²) in [4.78, 5) is 22.0. The van der Waals surface area contributed by atoms with Gasteiger partial charge in [-0.25, -0.2) is 9.97 Å². The van der Waals surface area contributed by atoms with Crippen molar-refractivity contribution in [3.8, 4) is 11.3 Å². The fraction of sp³-hybridized carbons (Fsp3) is 0.550. The van der Waals surface area contributed by atoms with E-state index >= 15 is 0 Å². The van der Waals surface area contributed by atoms with Crippen molar-refractivity contribution in [1.29, 1.82) is 0 Å². The van der Waals surface area contributed by atoms with Gasteiger partial charge in [-0.05, 0) is 18.9 Å². The first-order valence-corrected chi connectivity index (χ1v) is 9.77. The summed E-state index contributed by atoms with van der Waals surface area (Å²) in [6.07, 6.45) is 0.718. The maximum atomic E-state index is 13.2. The number of piperidine rings is 1. The van der Waals surface area contributed by atoms with Crippen LogP contribution in [0.4, 0.5) is 19.0 Å². The van der Waals surface area contributed by atoms with E-state index < -0.39 is 17.6 Å². The Bertz CT molecular complexity index is 1010. The second kappa shape index (κ2) is 5.73. The number of nitrogen functional groups attached to an aromatic ring is 1. The molecular formula is C20H22F3N5O. The molecule has 1 saturated heterocycles. The summed E-state index contributed by atoms with van der Waals surface area (Å²) >= 11 is 0. The van der Waals surface area contributed by atoms with Gasteiger partial charge in [0.25, 0.3) is 0 Å². The molecule has 0 bridgehead atoms. The molecule has 0 radical (unpaired) electrons. The van der Waals surface area contributed by atoms with Gasteiger partial charge in [-0.1, -0.05) is 6.92 Å². The number of fused-ring (bicyclic) bond motifs is 1. The summed E-state index contributed by atoms with van der Waals surface area (Å²) in [5, 5.41) is 0. The average molecular weight is 405 g/mol. The van der Waals surface area contributed by atoms with Crippen molar-refractivity contribution in [2.24, 2.45) is 11.3 Å². The predicted molar refractivity (Wildman–Crippen MR) is 99.7 cm³/mol. The fourth-order valence-corrected chi connectivity index (χ4v) is 4.87. The Morgan fingerprint density at radius 1 is 1.34 bits per heavy atom. The van der Waals surface area contributed by atoms with Crippen LogP contribution in [0, 0.1) is 11.3 Å². The van der Waals surface area contributed by atoms with Gasteiger partial charge in [0.15, 0.2) is 0 Å². The highest BCUT2D eigenvalue weighted by molar-refractivity contribution is 5.74. The molecule has 2 aromatic heterocycles. The minimum atomic E-state index is -4.56. The maximum absolute atomic E-state index is 13.2. The first kappa shape index (κ1) is 18.4. The van der Waals surface area contributed by atoms with Crippen LogP contribution in [0.1, 0.15) is 50.0 Å². The molecule has 2 aromatic rings. The summed E-state index contributed by atoms with van der Waals surface area (Å²) in [5.74, 6) is 1.18. The Balaban J connectivity index is 1.51. The molecule has 3 fully saturated rings. The van der Waals surface area contributed by atoms with Crippen molar-refractivity contribution >= 4 is 11.7 Å². The Hall–Kier alpha value is -2.58. The lowest BCUT2D eigenvalue weighted by molar-refractivity contribution is -0.137. The number of hydrogen-bond donors (Lipinski definition) is 1. The first-order chi connectivity index (χ1) is 13.6. The van der Waals surface area contributed by atoms with Crippen LogP contribution in [0.5, 0.6) is 0 Å². The normalized spacial score (nSPS) is 28.5. The highest BCUT2D eigenvalue weighted by atomic mass is 19.4. The van der Waals surface area contributed by atoms with Gasteiger partial charge in [0, 0.05) is 61.3 Å². The van der Waals surface area contributed by atoms with Crippen LogP contribution in [-0.2, 0) is 11.0 Å². The lowest BCUT2D eigenvalue weighted by atomic mass is 10.1. The molecule has 6 nitrogen and oxygen atoms in total. The van der Waals surface area contributed by atoms with E-state index in [4.69, 9.17) is 10.7 Å². The molecule has 2 aliphatic carbocycles. The Kier molecular flexibility index (Phi) is 3.65. The Morgan fingerprint density at radius 3 is 2.62 bits per heavy atom. The van der Waals surface area contributed by atoms with E-state index in [1.165, 1.54) is 6.20 Å². The van der Waals surface area contributed by atoms with E-state index in [-0.39, 0.29) is 17.4 Å². The van der Waals surface area contributed by atoms with Crippen LogP contribution in [0.15, 0.2) is 18.5 Å². The second-order valence-electron chi connectivity index (χ2n) is 8.78. The van der Waals surface area contributed by atoms with Gasteiger partial charge in [0.05, 0.1) is 11.3 Å². The van der Waals surface area contributed by atoms with Crippen molar-refractivity contribution in [2.45, 2.75) is 44.8 Å². The summed E-state index contributed by atoms with van der Waals surface area (Å²) in [6, 6.07) is 1.25. The molecule has 0 spiro atoms. The third kappa shape index (κ3) is 2.81. The fourth-order valence-electron chi connectivity index (χ4n) is 4.87. The van der Waals surface area contributed by atoms with Crippen LogP contribution in [0.3, 0.4) is 0 Å². The molecule has 29 heavy (non-hydrogen) atoms. The lowest BCUT2D eigenvalue weighted by Gasteiger charge is -2.22. The van der Waals surface area contributed by atoms with Crippen molar-refractivity contribution < 1.29 is 18.0 Å². The van der Waals surface area contributed by atoms with E-state index in [9.17, 15) is 18.0 Å². The number of pyridine rings is 1. The number of alkyl halides is 3. The number of halogens is 3. The van der Waals surface area contributed by atoms with E-state index in [1.807, 2.05) is 11.1 Å². The SMILES string of the molecule is CC(=O)N1C[C@H]2[C@H](n3cc(-c4cnc(N)c(C(F)(F)F)c4)nc3C3CC3)C2(C)C1. The topological polar surface area (TPSA) is 77.0 Å². The van der Waals surface area contributed by atoms with Crippen molar-refractivity contribution in [3.63, 3.8) is 0 Å². The molecule has 2 saturated carbocycles. The highest BCUT2D eigenvalue weighted by Gasteiger charge is 2.68. The Labute approximate surface area is 165 Å². The monoisotopic (exact) mass is 405 g/mol. The largest absolute Gasteiger partial charge is 0.419 e. The molecule has 154 valence electrons. The number of anilines is 1. The zero-order valence-electron chi connectivity index (χ0n) is 16.2. The van der Waals surface area contributed by atoms with E-state index in [1.54, 1.807) is 6.92 Å². The van der Waals surface area contributed by atoms with E-state index in [2.05, 4.69) is 16.5 Å². The van der Waals surface area contributed by atoms with Crippen molar-refractivity contribution in [2.75, 3.05) is 18.8 Å². The Morgan fingerprint density at radius 2 is 2.07 bits per heavy atom. The van der Waals surface area contributed by atoms with Crippen LogP contribution in [-0.4, -0.2) is 38.4 Å². The number of rotatable bonds is 3. The smallest absolute Gasteiger partial charge is 0.383 e. The zero-order chi connectivity index (χ0) is 20.7. The third-order valence-electron chi connectivity index (χ3n) is 6.71.